The van der Waals surface area contributed by atoms with E-state index in [1.165, 1.54) is 17.0 Å². The molecule has 4 aromatic rings. The van der Waals surface area contributed by atoms with Gasteiger partial charge in [0.15, 0.2) is 5.82 Å². The van der Waals surface area contributed by atoms with Crippen LogP contribution in [0.25, 0.3) is 17.2 Å². The summed E-state index contributed by atoms with van der Waals surface area (Å²) in [6, 6.07) is 18.4. The van der Waals surface area contributed by atoms with Gasteiger partial charge in [-0.2, -0.15) is 9.50 Å². The van der Waals surface area contributed by atoms with Crippen molar-refractivity contribution in [2.75, 3.05) is 7.05 Å². The zero-order valence-corrected chi connectivity index (χ0v) is 19.1. The highest BCUT2D eigenvalue weighted by molar-refractivity contribution is 5.97. The Morgan fingerprint density at radius 3 is 2.59 bits per heavy atom. The van der Waals surface area contributed by atoms with Gasteiger partial charge in [0.05, 0.1) is 11.3 Å². The standard InChI is InChI=1S/C26H27N5O3/c1-30(20-12-6-3-7-13-20)25(33)21-14-8-9-15-22(21)34-17-19-16-23(32)31-26(27-19)28-24(29-31)18-10-4-2-5-11-18/h2,4-5,8-11,14-16,20H,3,6-7,12-13,17H2,1H3,(H,27,28,29). The molecule has 0 saturated heterocycles. The van der Waals surface area contributed by atoms with Gasteiger partial charge in [0.1, 0.15) is 12.4 Å². The van der Waals surface area contributed by atoms with Gasteiger partial charge in [-0.25, -0.2) is 4.98 Å². The molecule has 0 spiro atoms. The third-order valence-corrected chi connectivity index (χ3v) is 6.37. The van der Waals surface area contributed by atoms with E-state index in [1.54, 1.807) is 12.1 Å². The number of ether oxygens (including phenoxy) is 1. The number of H-pyrrole nitrogens is 1. The number of rotatable bonds is 6. The lowest BCUT2D eigenvalue weighted by molar-refractivity contribution is 0.0691. The second-order valence-corrected chi connectivity index (χ2v) is 8.65. The average molecular weight is 458 g/mol. The van der Waals surface area contributed by atoms with Gasteiger partial charge in [0.25, 0.3) is 17.2 Å². The summed E-state index contributed by atoms with van der Waals surface area (Å²) in [4.78, 5) is 36.6. The molecule has 0 atom stereocenters. The van der Waals surface area contributed by atoms with Crippen molar-refractivity contribution < 1.29 is 9.53 Å². The number of aromatic amines is 1. The van der Waals surface area contributed by atoms with Crippen LogP contribution in [0.4, 0.5) is 0 Å². The fourth-order valence-electron chi connectivity index (χ4n) is 4.47. The van der Waals surface area contributed by atoms with Crippen LogP contribution in [-0.2, 0) is 6.61 Å². The van der Waals surface area contributed by atoms with E-state index in [9.17, 15) is 9.59 Å². The van der Waals surface area contributed by atoms with Gasteiger partial charge in [-0.3, -0.25) is 14.7 Å². The summed E-state index contributed by atoms with van der Waals surface area (Å²) >= 11 is 0. The van der Waals surface area contributed by atoms with E-state index in [0.717, 1.165) is 31.2 Å². The molecule has 0 aliphatic heterocycles. The molecule has 174 valence electrons. The fourth-order valence-corrected chi connectivity index (χ4v) is 4.47. The number of hydrogen-bond donors (Lipinski definition) is 1. The molecule has 2 aromatic heterocycles. The maximum absolute atomic E-state index is 13.2. The van der Waals surface area contributed by atoms with E-state index in [2.05, 4.69) is 15.1 Å². The molecular weight excluding hydrogens is 430 g/mol. The summed E-state index contributed by atoms with van der Waals surface area (Å²) in [5.74, 6) is 1.26. The van der Waals surface area contributed by atoms with Crippen LogP contribution in [0.15, 0.2) is 65.5 Å². The molecular formula is C26H27N5O3. The number of para-hydroxylation sites is 1. The number of carbonyl (C=O) groups excluding carboxylic acids is 1. The minimum atomic E-state index is -0.278. The minimum Gasteiger partial charge on any atom is -0.486 e. The van der Waals surface area contributed by atoms with E-state index in [0.29, 0.717) is 22.8 Å². The van der Waals surface area contributed by atoms with Crippen molar-refractivity contribution >= 4 is 11.7 Å². The van der Waals surface area contributed by atoms with Crippen molar-refractivity contribution in [2.45, 2.75) is 44.8 Å². The highest BCUT2D eigenvalue weighted by atomic mass is 16.5. The second kappa shape index (κ2) is 9.51. The molecule has 2 heterocycles. The smallest absolute Gasteiger partial charge is 0.274 e. The summed E-state index contributed by atoms with van der Waals surface area (Å²) < 4.78 is 7.29. The lowest BCUT2D eigenvalue weighted by Gasteiger charge is -2.31. The molecule has 2 aromatic carbocycles. The number of aromatic nitrogens is 4. The van der Waals surface area contributed by atoms with Crippen LogP contribution in [0.2, 0.25) is 0 Å². The monoisotopic (exact) mass is 457 g/mol. The fraction of sp³-hybridized carbons (Fsp3) is 0.308. The van der Waals surface area contributed by atoms with Gasteiger partial charge in [0.2, 0.25) is 0 Å². The summed E-state index contributed by atoms with van der Waals surface area (Å²) in [6.45, 7) is 0.0523. The van der Waals surface area contributed by atoms with Crippen molar-refractivity contribution in [3.63, 3.8) is 0 Å². The number of carbonyl (C=O) groups is 1. The summed E-state index contributed by atoms with van der Waals surface area (Å²) in [5, 5.41) is 2.99. The highest BCUT2D eigenvalue weighted by Crippen LogP contribution is 2.26. The Hall–Kier alpha value is -3.94. The Morgan fingerprint density at radius 1 is 1.06 bits per heavy atom. The van der Waals surface area contributed by atoms with Crippen molar-refractivity contribution in [3.8, 4) is 17.1 Å². The minimum absolute atomic E-state index is 0.0502. The lowest BCUT2D eigenvalue weighted by atomic mass is 9.94. The average Bonchev–Trinajstić information content (AvgIpc) is 3.33. The Kier molecular flexibility index (Phi) is 6.12. The molecule has 8 heteroatoms. The summed E-state index contributed by atoms with van der Waals surface area (Å²) in [5.41, 5.74) is 1.54. The zero-order valence-electron chi connectivity index (χ0n) is 19.1. The Balaban J connectivity index is 1.35. The molecule has 1 amide bonds. The Labute approximate surface area is 197 Å². The topological polar surface area (TPSA) is 92.6 Å². The molecule has 1 saturated carbocycles. The molecule has 1 N–H and O–H groups in total. The number of amides is 1. The van der Waals surface area contributed by atoms with Gasteiger partial charge in [-0.1, -0.05) is 61.7 Å². The molecule has 1 aliphatic rings. The molecule has 8 nitrogen and oxygen atoms in total. The number of nitrogens with one attached hydrogen (secondary N) is 1. The largest absolute Gasteiger partial charge is 0.486 e. The van der Waals surface area contributed by atoms with Gasteiger partial charge < -0.3 is 9.64 Å². The van der Waals surface area contributed by atoms with E-state index in [4.69, 9.17) is 4.74 Å². The maximum atomic E-state index is 13.2. The maximum Gasteiger partial charge on any atom is 0.274 e. The molecule has 5 rings (SSSR count). The first-order valence-electron chi connectivity index (χ1n) is 11.6. The normalized spacial score (nSPS) is 14.3. The van der Waals surface area contributed by atoms with E-state index in [1.807, 2.05) is 54.4 Å². The van der Waals surface area contributed by atoms with Crippen LogP contribution in [0.1, 0.15) is 48.2 Å². The first kappa shape index (κ1) is 21.9. The van der Waals surface area contributed by atoms with Crippen LogP contribution in [-0.4, -0.2) is 43.5 Å². The predicted octanol–water partition coefficient (Wildman–Crippen LogP) is 4.07. The van der Waals surface area contributed by atoms with E-state index in [-0.39, 0.29) is 29.9 Å². The number of nitrogens with zero attached hydrogens (tertiary/aromatic N) is 4. The van der Waals surface area contributed by atoms with Crippen LogP contribution >= 0.6 is 0 Å². The molecule has 0 unspecified atom stereocenters. The second-order valence-electron chi connectivity index (χ2n) is 8.65. The summed E-state index contributed by atoms with van der Waals surface area (Å²) in [6.07, 6.45) is 5.62. The predicted molar refractivity (Wildman–Crippen MR) is 129 cm³/mol. The summed E-state index contributed by atoms with van der Waals surface area (Å²) in [7, 11) is 1.87. The molecule has 0 radical (unpaired) electrons. The molecule has 1 aliphatic carbocycles. The quantitative estimate of drug-likeness (QED) is 0.471. The molecule has 1 fully saturated rings. The lowest BCUT2D eigenvalue weighted by Crippen LogP contribution is -2.38. The van der Waals surface area contributed by atoms with Gasteiger partial charge in [0, 0.05) is 24.7 Å². The Morgan fingerprint density at radius 2 is 1.79 bits per heavy atom. The van der Waals surface area contributed by atoms with Gasteiger partial charge >= 0.3 is 0 Å². The van der Waals surface area contributed by atoms with E-state index >= 15 is 0 Å². The number of hydrogen-bond acceptors (Lipinski definition) is 5. The van der Waals surface area contributed by atoms with Crippen LogP contribution in [0, 0.1) is 0 Å². The van der Waals surface area contributed by atoms with Crippen molar-refractivity contribution in [3.05, 3.63) is 82.3 Å². The number of fused-ring (bicyclic) bond motifs is 1. The van der Waals surface area contributed by atoms with Gasteiger partial charge in [-0.05, 0) is 25.0 Å². The number of benzene rings is 2. The Bertz CT molecular complexity index is 1360. The SMILES string of the molecule is CN(C(=O)c1ccccc1OCc1cc(=O)n2[nH]c(-c3ccccc3)nc2n1)C1CCCCC1. The van der Waals surface area contributed by atoms with Crippen molar-refractivity contribution in [1.29, 1.82) is 0 Å². The van der Waals surface area contributed by atoms with Crippen molar-refractivity contribution in [1.82, 2.24) is 24.5 Å². The first-order valence-corrected chi connectivity index (χ1v) is 11.6. The van der Waals surface area contributed by atoms with Gasteiger partial charge in [-0.15, -0.1) is 0 Å². The molecule has 0 bridgehead atoms. The molecule has 34 heavy (non-hydrogen) atoms. The third-order valence-electron chi connectivity index (χ3n) is 6.37. The van der Waals surface area contributed by atoms with Crippen LogP contribution in [0.3, 0.4) is 0 Å². The van der Waals surface area contributed by atoms with Crippen molar-refractivity contribution in [2.24, 2.45) is 0 Å². The third kappa shape index (κ3) is 4.44. The highest BCUT2D eigenvalue weighted by Gasteiger charge is 2.25. The van der Waals surface area contributed by atoms with Crippen LogP contribution < -0.4 is 10.3 Å². The zero-order chi connectivity index (χ0) is 23.5. The van der Waals surface area contributed by atoms with E-state index < -0.39 is 0 Å². The first-order chi connectivity index (χ1) is 16.6. The van der Waals surface area contributed by atoms with Crippen LogP contribution in [0.5, 0.6) is 5.75 Å².